The molecular weight excluding hydrogens is 386 g/mol. The molecule has 0 fully saturated rings. The van der Waals surface area contributed by atoms with Crippen molar-refractivity contribution >= 4 is 39.8 Å². The Bertz CT molecular complexity index is 853. The molecule has 1 amide bonds. The van der Waals surface area contributed by atoms with Gasteiger partial charge in [-0.2, -0.15) is 0 Å². The number of anilines is 1. The molecule has 144 valence electrons. The fourth-order valence-electron chi connectivity index (χ4n) is 2.98. The van der Waals surface area contributed by atoms with Crippen LogP contribution in [0, 0.1) is 16.0 Å². The van der Waals surface area contributed by atoms with Crippen LogP contribution in [0.3, 0.4) is 0 Å². The number of methoxy groups -OCH3 is 1. The maximum Gasteiger partial charge on any atom is 0.311 e. The fourth-order valence-corrected chi connectivity index (χ4v) is 4.94. The second kappa shape index (κ2) is 8.71. The van der Waals surface area contributed by atoms with Gasteiger partial charge in [0.15, 0.2) is 10.9 Å². The summed E-state index contributed by atoms with van der Waals surface area (Å²) in [5.41, 5.74) is 1.83. The maximum absolute atomic E-state index is 12.2. The molecule has 9 heteroatoms. The van der Waals surface area contributed by atoms with E-state index < -0.39 is 4.92 Å². The summed E-state index contributed by atoms with van der Waals surface area (Å²) in [4.78, 5) is 28.6. The molecule has 2 aromatic rings. The standard InChI is InChI=1S/C18H21N3O4S2/c1-11-3-5-13-16(7-11)27-18(19-13)20-17(22)10-26-9-12-4-6-15(25-2)14(8-12)21(23)24/h4,6,8,11H,3,5,7,9-10H2,1-2H3,(H,19,20,22). The van der Waals surface area contributed by atoms with Crippen LogP contribution in [0.25, 0.3) is 0 Å². The van der Waals surface area contributed by atoms with E-state index in [1.54, 1.807) is 23.5 Å². The van der Waals surface area contributed by atoms with E-state index in [0.29, 0.717) is 16.8 Å². The van der Waals surface area contributed by atoms with E-state index in [4.69, 9.17) is 4.74 Å². The average molecular weight is 408 g/mol. The minimum atomic E-state index is -0.467. The molecule has 3 rings (SSSR count). The number of thioether (sulfide) groups is 1. The van der Waals surface area contributed by atoms with E-state index in [1.807, 2.05) is 0 Å². The number of carbonyl (C=O) groups is 1. The first-order valence-electron chi connectivity index (χ1n) is 8.63. The van der Waals surface area contributed by atoms with Crippen LogP contribution in [0.15, 0.2) is 18.2 Å². The Kier molecular flexibility index (Phi) is 6.33. The normalized spacial score (nSPS) is 15.9. The monoisotopic (exact) mass is 407 g/mol. The third-order valence-corrected chi connectivity index (χ3v) is 6.41. The van der Waals surface area contributed by atoms with Gasteiger partial charge in [-0.25, -0.2) is 4.98 Å². The summed E-state index contributed by atoms with van der Waals surface area (Å²) in [5.74, 6) is 1.56. The smallest absolute Gasteiger partial charge is 0.311 e. The van der Waals surface area contributed by atoms with Gasteiger partial charge in [-0.15, -0.1) is 23.1 Å². The Morgan fingerprint density at radius 2 is 2.33 bits per heavy atom. The van der Waals surface area contributed by atoms with Crippen LogP contribution >= 0.6 is 23.1 Å². The zero-order valence-electron chi connectivity index (χ0n) is 15.2. The van der Waals surface area contributed by atoms with Gasteiger partial charge in [-0.1, -0.05) is 13.0 Å². The summed E-state index contributed by atoms with van der Waals surface area (Å²) in [6.07, 6.45) is 3.16. The van der Waals surface area contributed by atoms with Crippen LogP contribution in [0.1, 0.15) is 29.5 Å². The Labute approximate surface area is 165 Å². The largest absolute Gasteiger partial charge is 0.490 e. The summed E-state index contributed by atoms with van der Waals surface area (Å²) in [6, 6.07) is 4.84. The fraction of sp³-hybridized carbons (Fsp3) is 0.444. The highest BCUT2D eigenvalue weighted by Crippen LogP contribution is 2.32. The van der Waals surface area contributed by atoms with E-state index in [0.717, 1.165) is 30.5 Å². The molecule has 1 unspecified atom stereocenters. The lowest BCUT2D eigenvalue weighted by atomic mass is 9.93. The molecular formula is C18H21N3O4S2. The number of fused-ring (bicyclic) bond motifs is 1. The van der Waals surface area contributed by atoms with Crippen LogP contribution in [0.4, 0.5) is 10.8 Å². The number of rotatable bonds is 7. The molecule has 0 bridgehead atoms. The molecule has 0 spiro atoms. The summed E-state index contributed by atoms with van der Waals surface area (Å²) in [5, 5.41) is 14.6. The Morgan fingerprint density at radius 3 is 3.07 bits per heavy atom. The van der Waals surface area contributed by atoms with Crippen molar-refractivity contribution in [2.45, 2.75) is 31.9 Å². The molecule has 0 radical (unpaired) electrons. The molecule has 0 saturated heterocycles. The van der Waals surface area contributed by atoms with Crippen LogP contribution < -0.4 is 10.1 Å². The maximum atomic E-state index is 12.2. The number of aryl methyl sites for hydroxylation is 1. The number of hydrogen-bond acceptors (Lipinski definition) is 7. The van der Waals surface area contributed by atoms with Gasteiger partial charge in [0.1, 0.15) is 0 Å². The second-order valence-corrected chi connectivity index (χ2v) is 8.61. The van der Waals surface area contributed by atoms with E-state index >= 15 is 0 Å². The number of aromatic nitrogens is 1. The van der Waals surface area contributed by atoms with E-state index in [2.05, 4.69) is 17.2 Å². The summed E-state index contributed by atoms with van der Waals surface area (Å²) < 4.78 is 4.99. The number of nitrogens with zero attached hydrogens (tertiary/aromatic N) is 2. The number of ether oxygens (including phenoxy) is 1. The van der Waals surface area contributed by atoms with Crippen molar-refractivity contribution in [3.8, 4) is 5.75 Å². The van der Waals surface area contributed by atoms with Gasteiger partial charge in [0.25, 0.3) is 0 Å². The van der Waals surface area contributed by atoms with Crippen LogP contribution in [0.5, 0.6) is 5.75 Å². The van der Waals surface area contributed by atoms with Crippen LogP contribution in [-0.2, 0) is 23.4 Å². The third kappa shape index (κ3) is 4.98. The number of nitro benzene ring substituents is 1. The molecule has 1 N–H and O–H groups in total. The number of thiazole rings is 1. The predicted octanol–water partition coefficient (Wildman–Crippen LogP) is 4.06. The number of nitro groups is 1. The molecule has 0 aliphatic heterocycles. The first-order chi connectivity index (χ1) is 13.0. The molecule has 1 heterocycles. The van der Waals surface area contributed by atoms with Gasteiger partial charge >= 0.3 is 5.69 Å². The van der Waals surface area contributed by atoms with Gasteiger partial charge in [-0.05, 0) is 36.8 Å². The zero-order chi connectivity index (χ0) is 19.4. The van der Waals surface area contributed by atoms with E-state index in [9.17, 15) is 14.9 Å². The summed E-state index contributed by atoms with van der Waals surface area (Å²) >= 11 is 2.97. The van der Waals surface area contributed by atoms with Gasteiger partial charge in [0, 0.05) is 16.7 Å². The first-order valence-corrected chi connectivity index (χ1v) is 10.6. The number of hydrogen-bond donors (Lipinski definition) is 1. The topological polar surface area (TPSA) is 94.4 Å². The lowest BCUT2D eigenvalue weighted by Gasteiger charge is -2.15. The number of amides is 1. The van der Waals surface area contributed by atoms with Crippen molar-refractivity contribution in [1.29, 1.82) is 0 Å². The molecule has 1 aliphatic rings. The Morgan fingerprint density at radius 1 is 1.52 bits per heavy atom. The highest BCUT2D eigenvalue weighted by molar-refractivity contribution is 7.99. The lowest BCUT2D eigenvalue weighted by molar-refractivity contribution is -0.385. The molecule has 0 saturated carbocycles. The molecule has 27 heavy (non-hydrogen) atoms. The number of carbonyl (C=O) groups excluding carboxylic acids is 1. The van der Waals surface area contributed by atoms with Crippen molar-refractivity contribution < 1.29 is 14.5 Å². The average Bonchev–Trinajstić information content (AvgIpc) is 3.02. The van der Waals surface area contributed by atoms with Gasteiger partial charge < -0.3 is 10.1 Å². The van der Waals surface area contributed by atoms with Crippen molar-refractivity contribution in [3.05, 3.63) is 44.4 Å². The highest BCUT2D eigenvalue weighted by Gasteiger charge is 2.20. The Hall–Kier alpha value is -2.13. The number of benzene rings is 1. The molecule has 1 aromatic carbocycles. The molecule has 1 aliphatic carbocycles. The van der Waals surface area contributed by atoms with Gasteiger partial charge in [0.05, 0.1) is 23.5 Å². The SMILES string of the molecule is COc1ccc(CSCC(=O)Nc2nc3c(s2)CC(C)CC3)cc1[N+](=O)[O-]. The molecule has 1 aromatic heterocycles. The predicted molar refractivity (Wildman–Crippen MR) is 108 cm³/mol. The minimum Gasteiger partial charge on any atom is -0.490 e. The third-order valence-electron chi connectivity index (χ3n) is 4.37. The van der Waals surface area contributed by atoms with Crippen molar-refractivity contribution in [2.75, 3.05) is 18.2 Å². The van der Waals surface area contributed by atoms with E-state index in [1.165, 1.54) is 29.8 Å². The van der Waals surface area contributed by atoms with Crippen molar-refractivity contribution in [2.24, 2.45) is 5.92 Å². The first kappa shape index (κ1) is 19.6. The summed E-state index contributed by atoms with van der Waals surface area (Å²) in [7, 11) is 1.40. The minimum absolute atomic E-state index is 0.0670. The molecule has 7 nitrogen and oxygen atoms in total. The Balaban J connectivity index is 1.51. The van der Waals surface area contributed by atoms with Crippen LogP contribution in [-0.4, -0.2) is 28.7 Å². The summed E-state index contributed by atoms with van der Waals surface area (Å²) in [6.45, 7) is 2.24. The second-order valence-electron chi connectivity index (χ2n) is 6.54. The zero-order valence-corrected chi connectivity index (χ0v) is 16.8. The van der Waals surface area contributed by atoms with Gasteiger partial charge in [0.2, 0.25) is 5.91 Å². The quantitative estimate of drug-likeness (QED) is 0.549. The molecule has 1 atom stereocenters. The highest BCUT2D eigenvalue weighted by atomic mass is 32.2. The van der Waals surface area contributed by atoms with E-state index in [-0.39, 0.29) is 23.1 Å². The van der Waals surface area contributed by atoms with Crippen molar-refractivity contribution in [1.82, 2.24) is 4.98 Å². The number of nitrogens with one attached hydrogen (secondary N) is 1. The van der Waals surface area contributed by atoms with Gasteiger partial charge in [-0.3, -0.25) is 14.9 Å². The van der Waals surface area contributed by atoms with Crippen molar-refractivity contribution in [3.63, 3.8) is 0 Å². The van der Waals surface area contributed by atoms with Crippen LogP contribution in [0.2, 0.25) is 0 Å². The lowest BCUT2D eigenvalue weighted by Crippen LogP contribution is -2.14.